The Kier molecular flexibility index (Phi) is 6.56. The molecular formula is C10H17ClN2OS. The van der Waals surface area contributed by atoms with Gasteiger partial charge in [-0.1, -0.05) is 6.07 Å². The summed E-state index contributed by atoms with van der Waals surface area (Å²) in [6.45, 7) is 5.07. The first-order valence-electron chi connectivity index (χ1n) is 4.72. The van der Waals surface area contributed by atoms with E-state index in [2.05, 4.69) is 0 Å². The van der Waals surface area contributed by atoms with Crippen molar-refractivity contribution in [3.8, 4) is 0 Å². The predicted molar refractivity (Wildman–Crippen MR) is 66.3 cm³/mol. The molecule has 1 atom stereocenters. The Balaban J connectivity index is 0.00000196. The second-order valence-electron chi connectivity index (χ2n) is 3.22. The Morgan fingerprint density at radius 1 is 1.67 bits per heavy atom. The van der Waals surface area contributed by atoms with Crippen LogP contribution in [-0.2, 0) is 11.3 Å². The smallest absolute Gasteiger partial charge is 0.239 e. The van der Waals surface area contributed by atoms with E-state index in [1.54, 1.807) is 23.2 Å². The maximum absolute atomic E-state index is 11.6. The maximum Gasteiger partial charge on any atom is 0.239 e. The van der Waals surface area contributed by atoms with Crippen LogP contribution in [0.5, 0.6) is 0 Å². The van der Waals surface area contributed by atoms with E-state index < -0.39 is 6.04 Å². The van der Waals surface area contributed by atoms with E-state index in [1.165, 1.54) is 4.88 Å². The average Bonchev–Trinajstić information content (AvgIpc) is 2.65. The van der Waals surface area contributed by atoms with Gasteiger partial charge < -0.3 is 10.6 Å². The first-order valence-corrected chi connectivity index (χ1v) is 5.60. The van der Waals surface area contributed by atoms with Gasteiger partial charge in [0.1, 0.15) is 0 Å². The summed E-state index contributed by atoms with van der Waals surface area (Å²) in [6, 6.07) is 3.61. The van der Waals surface area contributed by atoms with Crippen molar-refractivity contribution in [1.82, 2.24) is 4.90 Å². The van der Waals surface area contributed by atoms with Crippen LogP contribution in [0.25, 0.3) is 0 Å². The molecule has 2 N–H and O–H groups in total. The molecule has 1 heterocycles. The van der Waals surface area contributed by atoms with Crippen LogP contribution < -0.4 is 5.73 Å². The van der Waals surface area contributed by atoms with Crippen LogP contribution in [0.2, 0.25) is 0 Å². The summed E-state index contributed by atoms with van der Waals surface area (Å²) in [4.78, 5) is 14.6. The van der Waals surface area contributed by atoms with Crippen LogP contribution in [0, 0.1) is 0 Å². The molecule has 0 saturated heterocycles. The lowest BCUT2D eigenvalue weighted by atomic mass is 10.3. The van der Waals surface area contributed by atoms with E-state index >= 15 is 0 Å². The number of likely N-dealkylation sites (N-methyl/N-ethyl adjacent to an activating group) is 1. The lowest BCUT2D eigenvalue weighted by Crippen LogP contribution is -2.41. The Hall–Kier alpha value is -0.580. The van der Waals surface area contributed by atoms with Gasteiger partial charge in [0, 0.05) is 11.4 Å². The zero-order chi connectivity index (χ0) is 10.6. The van der Waals surface area contributed by atoms with Crippen LogP contribution in [0.3, 0.4) is 0 Å². The standard InChI is InChI=1S/C10H16N2OS.ClH/c1-3-12(10(13)8(2)11)7-9-5-4-6-14-9;/h4-6,8H,3,7,11H2,1-2H3;1H/t8-;/m0./s1. The van der Waals surface area contributed by atoms with Crippen molar-refractivity contribution in [1.29, 1.82) is 0 Å². The third-order valence-electron chi connectivity index (χ3n) is 2.01. The van der Waals surface area contributed by atoms with Gasteiger partial charge in [-0.05, 0) is 25.3 Å². The normalized spacial score (nSPS) is 11.7. The first-order chi connectivity index (χ1) is 6.65. The van der Waals surface area contributed by atoms with E-state index in [4.69, 9.17) is 5.73 Å². The van der Waals surface area contributed by atoms with Gasteiger partial charge >= 0.3 is 0 Å². The zero-order valence-corrected chi connectivity index (χ0v) is 10.6. The average molecular weight is 249 g/mol. The molecule has 0 aliphatic heterocycles. The quantitative estimate of drug-likeness (QED) is 0.884. The molecule has 0 spiro atoms. The second-order valence-corrected chi connectivity index (χ2v) is 4.25. The molecule has 3 nitrogen and oxygen atoms in total. The fraction of sp³-hybridized carbons (Fsp3) is 0.500. The fourth-order valence-corrected chi connectivity index (χ4v) is 1.94. The van der Waals surface area contributed by atoms with Gasteiger partial charge in [-0.3, -0.25) is 4.79 Å². The van der Waals surface area contributed by atoms with Crippen molar-refractivity contribution in [3.63, 3.8) is 0 Å². The summed E-state index contributed by atoms with van der Waals surface area (Å²) in [7, 11) is 0. The number of rotatable bonds is 4. The second kappa shape index (κ2) is 6.82. The lowest BCUT2D eigenvalue weighted by Gasteiger charge is -2.21. The number of amides is 1. The number of hydrogen-bond donors (Lipinski definition) is 1. The molecule has 5 heteroatoms. The van der Waals surface area contributed by atoms with Crippen LogP contribution in [0.4, 0.5) is 0 Å². The van der Waals surface area contributed by atoms with E-state index in [0.717, 1.165) is 0 Å². The van der Waals surface area contributed by atoms with Crippen LogP contribution in [0.1, 0.15) is 18.7 Å². The molecule has 1 amide bonds. The summed E-state index contributed by atoms with van der Waals surface area (Å²) >= 11 is 1.66. The van der Waals surface area contributed by atoms with Gasteiger partial charge in [0.05, 0.1) is 12.6 Å². The van der Waals surface area contributed by atoms with E-state index in [1.807, 2.05) is 24.4 Å². The van der Waals surface area contributed by atoms with Gasteiger partial charge in [0.15, 0.2) is 0 Å². The molecule has 0 aliphatic rings. The molecule has 1 aromatic heterocycles. The molecule has 0 aliphatic carbocycles. The van der Waals surface area contributed by atoms with Crippen molar-refractivity contribution in [2.45, 2.75) is 26.4 Å². The number of hydrogen-bond acceptors (Lipinski definition) is 3. The van der Waals surface area contributed by atoms with Gasteiger partial charge in [-0.15, -0.1) is 23.7 Å². The van der Waals surface area contributed by atoms with E-state index in [9.17, 15) is 4.79 Å². The highest BCUT2D eigenvalue weighted by molar-refractivity contribution is 7.09. The van der Waals surface area contributed by atoms with Crippen LogP contribution in [-0.4, -0.2) is 23.4 Å². The minimum absolute atomic E-state index is 0. The fourth-order valence-electron chi connectivity index (χ4n) is 1.22. The summed E-state index contributed by atoms with van der Waals surface area (Å²) in [5.74, 6) is 0.0147. The third kappa shape index (κ3) is 4.20. The molecule has 0 unspecified atom stereocenters. The maximum atomic E-state index is 11.6. The van der Waals surface area contributed by atoms with Gasteiger partial charge in [0.25, 0.3) is 0 Å². The Morgan fingerprint density at radius 3 is 2.73 bits per heavy atom. The number of thiophene rings is 1. The zero-order valence-electron chi connectivity index (χ0n) is 8.97. The molecule has 86 valence electrons. The van der Waals surface area contributed by atoms with Crippen molar-refractivity contribution in [2.24, 2.45) is 5.73 Å². The monoisotopic (exact) mass is 248 g/mol. The first kappa shape index (κ1) is 14.4. The summed E-state index contributed by atoms with van der Waals surface area (Å²) in [6.07, 6.45) is 0. The van der Waals surface area contributed by atoms with Gasteiger partial charge in [-0.25, -0.2) is 0 Å². The molecule has 15 heavy (non-hydrogen) atoms. The largest absolute Gasteiger partial charge is 0.336 e. The SMILES string of the molecule is CCN(Cc1cccs1)C(=O)[C@H](C)N.Cl. The highest BCUT2D eigenvalue weighted by Crippen LogP contribution is 2.12. The molecule has 0 radical (unpaired) electrons. The number of nitrogens with zero attached hydrogens (tertiary/aromatic N) is 1. The highest BCUT2D eigenvalue weighted by atomic mass is 35.5. The minimum Gasteiger partial charge on any atom is -0.336 e. The number of nitrogens with two attached hydrogens (primary N) is 1. The lowest BCUT2D eigenvalue weighted by molar-refractivity contribution is -0.132. The number of halogens is 1. The Labute approximate surface area is 101 Å². The predicted octanol–water partition coefficient (Wildman–Crippen LogP) is 1.87. The molecule has 1 aromatic rings. The van der Waals surface area contributed by atoms with Crippen molar-refractivity contribution >= 4 is 29.7 Å². The molecule has 0 saturated carbocycles. The molecule has 0 bridgehead atoms. The molecule has 1 rings (SSSR count). The number of carbonyl (C=O) groups excluding carboxylic acids is 1. The molecule has 0 fully saturated rings. The third-order valence-corrected chi connectivity index (χ3v) is 2.87. The Morgan fingerprint density at radius 2 is 2.33 bits per heavy atom. The highest BCUT2D eigenvalue weighted by Gasteiger charge is 2.15. The minimum atomic E-state index is -0.407. The van der Waals surface area contributed by atoms with Crippen LogP contribution >= 0.6 is 23.7 Å². The van der Waals surface area contributed by atoms with Crippen molar-refractivity contribution in [3.05, 3.63) is 22.4 Å². The summed E-state index contributed by atoms with van der Waals surface area (Å²) < 4.78 is 0. The van der Waals surface area contributed by atoms with E-state index in [0.29, 0.717) is 13.1 Å². The van der Waals surface area contributed by atoms with Crippen molar-refractivity contribution < 1.29 is 4.79 Å². The summed E-state index contributed by atoms with van der Waals surface area (Å²) in [5.41, 5.74) is 5.55. The van der Waals surface area contributed by atoms with Gasteiger partial charge in [-0.2, -0.15) is 0 Å². The molecular weight excluding hydrogens is 232 g/mol. The van der Waals surface area contributed by atoms with E-state index in [-0.39, 0.29) is 18.3 Å². The van der Waals surface area contributed by atoms with Gasteiger partial charge in [0.2, 0.25) is 5.91 Å². The Bertz CT molecular complexity index is 288. The number of carbonyl (C=O) groups is 1. The van der Waals surface area contributed by atoms with Crippen LogP contribution in [0.15, 0.2) is 17.5 Å². The van der Waals surface area contributed by atoms with Crippen molar-refractivity contribution in [2.75, 3.05) is 6.54 Å². The summed E-state index contributed by atoms with van der Waals surface area (Å²) in [5, 5.41) is 2.01. The topological polar surface area (TPSA) is 46.3 Å². The molecule has 0 aromatic carbocycles.